The minimum atomic E-state index is -0.550. The molecule has 0 aliphatic heterocycles. The quantitative estimate of drug-likeness (QED) is 0.487. The molecule has 32 heavy (non-hydrogen) atoms. The van der Waals surface area contributed by atoms with Crippen LogP contribution in [0, 0.1) is 5.82 Å². The number of nitrogens with one attached hydrogen (secondary N) is 1. The minimum absolute atomic E-state index is 0.0941. The number of halogens is 2. The zero-order chi connectivity index (χ0) is 22.9. The summed E-state index contributed by atoms with van der Waals surface area (Å²) in [5, 5.41) is 3.72. The molecule has 3 rings (SSSR count). The van der Waals surface area contributed by atoms with Gasteiger partial charge in [-0.05, 0) is 48.6 Å². The molecule has 1 atom stereocenters. The van der Waals surface area contributed by atoms with E-state index in [1.807, 2.05) is 25.1 Å². The monoisotopic (exact) mass is 476 g/mol. The van der Waals surface area contributed by atoms with Crippen LogP contribution in [0.4, 0.5) is 4.39 Å². The Morgan fingerprint density at radius 1 is 1.16 bits per heavy atom. The van der Waals surface area contributed by atoms with Crippen LogP contribution >= 0.6 is 23.4 Å². The summed E-state index contributed by atoms with van der Waals surface area (Å²) in [6.07, 6.45) is 4.77. The highest BCUT2D eigenvalue weighted by Gasteiger charge is 2.30. The topological polar surface area (TPSA) is 49.4 Å². The predicted octanol–water partition coefficient (Wildman–Crippen LogP) is 5.58. The first kappa shape index (κ1) is 24.6. The number of amides is 2. The van der Waals surface area contributed by atoms with Crippen molar-refractivity contribution in [2.45, 2.75) is 63.4 Å². The Kier molecular flexibility index (Phi) is 9.42. The molecule has 0 saturated heterocycles. The Labute approximate surface area is 198 Å². The lowest BCUT2D eigenvalue weighted by atomic mass is 10.1. The molecule has 0 unspecified atom stereocenters. The van der Waals surface area contributed by atoms with Crippen LogP contribution in [0.2, 0.25) is 5.02 Å². The van der Waals surface area contributed by atoms with E-state index in [1.54, 1.807) is 23.1 Å². The van der Waals surface area contributed by atoms with Gasteiger partial charge in [-0.15, -0.1) is 11.8 Å². The van der Waals surface area contributed by atoms with Gasteiger partial charge in [-0.1, -0.05) is 61.7 Å². The van der Waals surface area contributed by atoms with Gasteiger partial charge in [-0.2, -0.15) is 0 Å². The van der Waals surface area contributed by atoms with Gasteiger partial charge in [0.25, 0.3) is 0 Å². The van der Waals surface area contributed by atoms with Crippen LogP contribution in [-0.4, -0.2) is 34.6 Å². The van der Waals surface area contributed by atoms with Crippen molar-refractivity contribution in [3.8, 4) is 0 Å². The minimum Gasteiger partial charge on any atom is -0.352 e. The second kappa shape index (κ2) is 12.3. The zero-order valence-corrected chi connectivity index (χ0v) is 19.9. The number of hydrogen-bond acceptors (Lipinski definition) is 3. The normalized spacial score (nSPS) is 14.8. The van der Waals surface area contributed by atoms with Crippen LogP contribution in [0.15, 0.2) is 48.5 Å². The average molecular weight is 477 g/mol. The van der Waals surface area contributed by atoms with Crippen LogP contribution in [-0.2, 0) is 21.9 Å². The van der Waals surface area contributed by atoms with Crippen molar-refractivity contribution in [2.24, 2.45) is 0 Å². The molecule has 2 aromatic rings. The first-order chi connectivity index (χ1) is 15.5. The Balaban J connectivity index is 1.70. The zero-order valence-electron chi connectivity index (χ0n) is 18.4. The maximum absolute atomic E-state index is 13.3. The summed E-state index contributed by atoms with van der Waals surface area (Å²) < 4.78 is 13.1. The van der Waals surface area contributed by atoms with E-state index in [0.29, 0.717) is 17.2 Å². The molecule has 1 aliphatic carbocycles. The molecule has 0 bridgehead atoms. The fourth-order valence-electron chi connectivity index (χ4n) is 4.02. The second-order valence-corrected chi connectivity index (χ2v) is 9.54. The van der Waals surface area contributed by atoms with Gasteiger partial charge in [-0.3, -0.25) is 9.59 Å². The second-order valence-electron chi connectivity index (χ2n) is 8.15. The molecule has 0 spiro atoms. The highest BCUT2D eigenvalue weighted by molar-refractivity contribution is 7.99. The summed E-state index contributed by atoms with van der Waals surface area (Å²) in [7, 11) is 0. The fourth-order valence-corrected chi connectivity index (χ4v) is 5.08. The van der Waals surface area contributed by atoms with Gasteiger partial charge in [-0.25, -0.2) is 4.39 Å². The lowest BCUT2D eigenvalue weighted by Crippen LogP contribution is -2.51. The summed E-state index contributed by atoms with van der Waals surface area (Å²) in [6, 6.07) is 13.3. The lowest BCUT2D eigenvalue weighted by molar-refractivity contribution is -0.139. The number of thioether (sulfide) groups is 1. The van der Waals surface area contributed by atoms with E-state index < -0.39 is 6.04 Å². The van der Waals surface area contributed by atoms with Crippen molar-refractivity contribution in [1.29, 1.82) is 0 Å². The third-order valence-corrected chi connectivity index (χ3v) is 7.15. The van der Waals surface area contributed by atoms with Gasteiger partial charge in [0.2, 0.25) is 11.8 Å². The highest BCUT2D eigenvalue weighted by atomic mass is 35.5. The molecule has 0 radical (unpaired) electrons. The van der Waals surface area contributed by atoms with E-state index in [-0.39, 0.29) is 36.0 Å². The van der Waals surface area contributed by atoms with E-state index in [4.69, 9.17) is 11.6 Å². The maximum atomic E-state index is 13.3. The first-order valence-electron chi connectivity index (χ1n) is 11.1. The summed E-state index contributed by atoms with van der Waals surface area (Å²) in [5.41, 5.74) is 1.77. The molecule has 0 aromatic heterocycles. The third kappa shape index (κ3) is 6.97. The molecular formula is C25H30ClFN2O2S. The molecule has 1 saturated carbocycles. The predicted molar refractivity (Wildman–Crippen MR) is 129 cm³/mol. The van der Waals surface area contributed by atoms with E-state index in [2.05, 4.69) is 5.32 Å². The smallest absolute Gasteiger partial charge is 0.243 e. The van der Waals surface area contributed by atoms with Gasteiger partial charge in [0, 0.05) is 23.4 Å². The van der Waals surface area contributed by atoms with Crippen molar-refractivity contribution >= 4 is 35.2 Å². The summed E-state index contributed by atoms with van der Waals surface area (Å²) in [4.78, 5) is 28.0. The molecule has 1 aliphatic rings. The molecule has 2 aromatic carbocycles. The number of carbonyl (C=O) groups is 2. The van der Waals surface area contributed by atoms with Crippen molar-refractivity contribution < 1.29 is 14.0 Å². The number of rotatable bonds is 10. The van der Waals surface area contributed by atoms with E-state index in [9.17, 15) is 14.0 Å². The van der Waals surface area contributed by atoms with E-state index >= 15 is 0 Å². The molecule has 0 heterocycles. The molecular weight excluding hydrogens is 447 g/mol. The molecule has 4 nitrogen and oxygen atoms in total. The van der Waals surface area contributed by atoms with Crippen LogP contribution in [0.3, 0.4) is 0 Å². The number of hydrogen-bond donors (Lipinski definition) is 1. The van der Waals surface area contributed by atoms with Crippen LogP contribution in [0.5, 0.6) is 0 Å². The van der Waals surface area contributed by atoms with Crippen LogP contribution < -0.4 is 5.32 Å². The first-order valence-corrected chi connectivity index (χ1v) is 12.7. The van der Waals surface area contributed by atoms with Crippen molar-refractivity contribution in [3.63, 3.8) is 0 Å². The van der Waals surface area contributed by atoms with Crippen molar-refractivity contribution in [1.82, 2.24) is 10.2 Å². The fraction of sp³-hybridized carbons (Fsp3) is 0.440. The molecule has 1 N–H and O–H groups in total. The Bertz CT molecular complexity index is 903. The van der Waals surface area contributed by atoms with Crippen LogP contribution in [0.1, 0.15) is 50.2 Å². The third-order valence-electron chi connectivity index (χ3n) is 5.79. The average Bonchev–Trinajstić information content (AvgIpc) is 3.29. The van der Waals surface area contributed by atoms with Gasteiger partial charge in [0.05, 0.1) is 5.75 Å². The largest absolute Gasteiger partial charge is 0.352 e. The number of nitrogens with zero attached hydrogens (tertiary/aromatic N) is 1. The lowest BCUT2D eigenvalue weighted by Gasteiger charge is -2.31. The summed E-state index contributed by atoms with van der Waals surface area (Å²) >= 11 is 7.82. The van der Waals surface area contributed by atoms with E-state index in [0.717, 1.165) is 36.8 Å². The number of carbonyl (C=O) groups excluding carboxylic acids is 2. The van der Waals surface area contributed by atoms with E-state index in [1.165, 1.54) is 23.9 Å². The maximum Gasteiger partial charge on any atom is 0.243 e. The van der Waals surface area contributed by atoms with Crippen molar-refractivity contribution in [3.05, 3.63) is 70.5 Å². The van der Waals surface area contributed by atoms with Crippen LogP contribution in [0.25, 0.3) is 0 Å². The standard InChI is InChI=1S/C25H30ClFN2O2S/c1-2-23(25(31)28-21-8-4-5-9-21)29(15-19-7-3-6-10-22(19)26)24(30)17-32-16-18-11-13-20(27)14-12-18/h3,6-7,10-14,21,23H,2,4-5,8-9,15-17H2,1H3,(H,28,31)/t23-/m0/s1. The molecule has 1 fully saturated rings. The van der Waals surface area contributed by atoms with Gasteiger partial charge < -0.3 is 10.2 Å². The SMILES string of the molecule is CC[C@@H](C(=O)NC1CCCC1)N(Cc1ccccc1Cl)C(=O)CSCc1ccc(F)cc1. The molecule has 2 amide bonds. The summed E-state index contributed by atoms with van der Waals surface area (Å²) in [6.45, 7) is 2.21. The summed E-state index contributed by atoms with van der Waals surface area (Å²) in [5.74, 6) is 0.347. The number of benzene rings is 2. The van der Waals surface area contributed by atoms with Gasteiger partial charge in [0.15, 0.2) is 0 Å². The highest BCUT2D eigenvalue weighted by Crippen LogP contribution is 2.23. The molecule has 172 valence electrons. The Morgan fingerprint density at radius 2 is 1.84 bits per heavy atom. The Morgan fingerprint density at radius 3 is 2.50 bits per heavy atom. The van der Waals surface area contributed by atoms with Gasteiger partial charge in [0.1, 0.15) is 11.9 Å². The van der Waals surface area contributed by atoms with Crippen molar-refractivity contribution in [2.75, 3.05) is 5.75 Å². The molecule has 7 heteroatoms. The van der Waals surface area contributed by atoms with Gasteiger partial charge >= 0.3 is 0 Å². The Hall–Kier alpha value is -2.05.